The number of aliphatic imine (C=N–C) groups is 1. The Morgan fingerprint density at radius 3 is 2.37 bits per heavy atom. The summed E-state index contributed by atoms with van der Waals surface area (Å²) in [6.45, 7) is 4.27. The predicted octanol–water partition coefficient (Wildman–Crippen LogP) is 12.2. The maximum Gasteiger partial charge on any atom is 0.103 e. The molecule has 8 aromatic rings. The van der Waals surface area contributed by atoms with Crippen LogP contribution < -0.4 is 4.90 Å². The van der Waals surface area contributed by atoms with Gasteiger partial charge < -0.3 is 14.0 Å². The van der Waals surface area contributed by atoms with Crippen LogP contribution in [0, 0.1) is 0 Å². The highest BCUT2D eigenvalue weighted by Crippen LogP contribution is 2.52. The standard InChI is InChI=1S/C50H37IN6/c1-3-35(30-32(2)39-18-10-11-27-52-39)55-40-23-21-37-38-22-24-41-46(50(38)56(36-16-8-5-9-17-36)49(37)45(40)47-42(55)19-12-28-53-47)48-43(20-13-29-54-48)57(41)44-31-34(25-26-51-44)33-14-6-4-7-15-33/h3-31,42,47H,1-2H3/b32-30+,35-3+. The highest BCUT2D eigenvalue weighted by atomic mass is 127. The van der Waals surface area contributed by atoms with Crippen molar-refractivity contribution in [1.82, 2.24) is 19.1 Å². The van der Waals surface area contributed by atoms with Gasteiger partial charge in [-0.05, 0) is 107 Å². The summed E-state index contributed by atoms with van der Waals surface area (Å²) in [4.78, 5) is 17.5. The molecule has 0 fully saturated rings. The molecule has 7 heterocycles. The zero-order valence-electron chi connectivity index (χ0n) is 31.5. The van der Waals surface area contributed by atoms with Crippen molar-refractivity contribution < 1.29 is 0 Å². The number of dihydropyridines is 1. The van der Waals surface area contributed by atoms with E-state index in [2.05, 4.69) is 176 Å². The van der Waals surface area contributed by atoms with Crippen molar-refractivity contribution in [2.24, 2.45) is 4.99 Å². The Morgan fingerprint density at radius 1 is 0.754 bits per heavy atom. The minimum atomic E-state index is -0.392. The molecule has 274 valence electrons. The second-order valence-corrected chi connectivity index (χ2v) is 17.0. The van der Waals surface area contributed by atoms with Gasteiger partial charge in [0.15, 0.2) is 0 Å². The summed E-state index contributed by atoms with van der Waals surface area (Å²) < 4.78 is 8.72. The summed E-state index contributed by atoms with van der Waals surface area (Å²) in [6, 6.07) is 41.2. The van der Waals surface area contributed by atoms with Gasteiger partial charge in [-0.3, -0.25) is 15.0 Å². The quantitative estimate of drug-likeness (QED) is 0.124. The minimum absolute atomic E-state index is 0.0192. The molecule has 4 aromatic heterocycles. The smallest absolute Gasteiger partial charge is 0.103 e. The molecule has 6 nitrogen and oxygen atoms in total. The van der Waals surface area contributed by atoms with Gasteiger partial charge in [-0.25, -0.2) is 0 Å². The average Bonchev–Trinajstić information content (AvgIpc) is 3.92. The molecule has 0 spiro atoms. The van der Waals surface area contributed by atoms with Crippen LogP contribution in [0.25, 0.3) is 64.3 Å². The highest BCUT2D eigenvalue weighted by molar-refractivity contribution is 14.2. The largest absolute Gasteiger partial charge is 0.332 e. The first-order chi connectivity index (χ1) is 28.2. The maximum atomic E-state index is 5.25. The van der Waals surface area contributed by atoms with E-state index in [0.29, 0.717) is 0 Å². The van der Waals surface area contributed by atoms with E-state index in [9.17, 15) is 0 Å². The molecular weight excluding hydrogens is 811 g/mol. The van der Waals surface area contributed by atoms with Gasteiger partial charge in [0.1, 0.15) is 6.04 Å². The van der Waals surface area contributed by atoms with Gasteiger partial charge in [0, 0.05) is 52.0 Å². The number of pyridine rings is 2. The van der Waals surface area contributed by atoms with E-state index in [0.717, 1.165) is 33.7 Å². The van der Waals surface area contributed by atoms with Crippen molar-refractivity contribution in [2.45, 2.75) is 25.9 Å². The molecular formula is C50H37IN6. The molecule has 3 aliphatic heterocycles. The van der Waals surface area contributed by atoms with Gasteiger partial charge >= 0.3 is 0 Å². The van der Waals surface area contributed by atoms with Crippen LogP contribution in [0.1, 0.15) is 36.7 Å². The summed E-state index contributed by atoms with van der Waals surface area (Å²) >= 11 is -0.392. The van der Waals surface area contributed by atoms with E-state index in [1.165, 1.54) is 58.8 Å². The number of aromatic nitrogens is 4. The molecule has 0 N–H and O–H groups in total. The number of rotatable bonds is 6. The first kappa shape index (κ1) is 33.9. The Kier molecular flexibility index (Phi) is 8.10. The number of allylic oxidation sites excluding steroid dienone is 7. The van der Waals surface area contributed by atoms with Crippen LogP contribution >= 0.6 is 20.7 Å². The van der Waals surface area contributed by atoms with Crippen LogP contribution in [-0.2, 0) is 0 Å². The first-order valence-electron chi connectivity index (χ1n) is 19.3. The number of benzene rings is 4. The van der Waals surface area contributed by atoms with Crippen LogP contribution in [0.2, 0.25) is 0 Å². The fourth-order valence-corrected chi connectivity index (χ4v) is 11.3. The Balaban J connectivity index is 1.21. The first-order valence-corrected chi connectivity index (χ1v) is 21.7. The van der Waals surface area contributed by atoms with Crippen molar-refractivity contribution >= 4 is 95.2 Å². The summed E-state index contributed by atoms with van der Waals surface area (Å²) in [5.41, 5.74) is 14.9. The van der Waals surface area contributed by atoms with Gasteiger partial charge in [-0.1, -0.05) is 99.6 Å². The summed E-state index contributed by atoms with van der Waals surface area (Å²) in [5, 5.41) is 3.59. The molecule has 0 saturated heterocycles. The number of hydrogen-bond acceptors (Lipinski definition) is 4. The molecule has 11 rings (SSSR count). The third-order valence-electron chi connectivity index (χ3n) is 11.4. The Bertz CT molecular complexity index is 3140. The fourth-order valence-electron chi connectivity index (χ4n) is 9.01. The van der Waals surface area contributed by atoms with Gasteiger partial charge in [-0.2, -0.15) is 0 Å². The lowest BCUT2D eigenvalue weighted by atomic mass is 9.99. The monoisotopic (exact) mass is 848 g/mol. The molecule has 0 aliphatic carbocycles. The molecule has 0 amide bonds. The zero-order valence-corrected chi connectivity index (χ0v) is 33.6. The van der Waals surface area contributed by atoms with E-state index in [-0.39, 0.29) is 12.1 Å². The second kappa shape index (κ2) is 13.6. The van der Waals surface area contributed by atoms with Crippen LogP contribution in [0.4, 0.5) is 5.69 Å². The fraction of sp³-hybridized carbons (Fsp3) is 0.0800. The van der Waals surface area contributed by atoms with E-state index < -0.39 is 20.7 Å². The topological polar surface area (TPSA) is 51.2 Å². The van der Waals surface area contributed by atoms with E-state index >= 15 is 0 Å². The number of para-hydroxylation sites is 1. The molecule has 0 saturated carbocycles. The van der Waals surface area contributed by atoms with Crippen molar-refractivity contribution in [3.8, 4) is 5.69 Å². The van der Waals surface area contributed by atoms with Gasteiger partial charge in [-0.15, -0.1) is 0 Å². The van der Waals surface area contributed by atoms with Crippen molar-refractivity contribution in [1.29, 1.82) is 0 Å². The van der Waals surface area contributed by atoms with Crippen LogP contribution in [0.15, 0.2) is 175 Å². The lowest BCUT2D eigenvalue weighted by molar-refractivity contribution is 0.658. The Labute approximate surface area is 340 Å². The maximum absolute atomic E-state index is 5.25. The van der Waals surface area contributed by atoms with Crippen molar-refractivity contribution in [2.75, 3.05) is 4.90 Å². The van der Waals surface area contributed by atoms with E-state index in [4.69, 9.17) is 9.98 Å². The highest BCUT2D eigenvalue weighted by Gasteiger charge is 2.41. The number of hydrogen-bond donors (Lipinski definition) is 0. The summed E-state index contributed by atoms with van der Waals surface area (Å²) in [6.07, 6.45) is 19.3. The molecule has 0 bridgehead atoms. The molecule has 57 heavy (non-hydrogen) atoms. The predicted molar refractivity (Wildman–Crippen MR) is 249 cm³/mol. The van der Waals surface area contributed by atoms with Crippen LogP contribution in [0.5, 0.6) is 0 Å². The molecule has 0 radical (unpaired) electrons. The third kappa shape index (κ3) is 5.29. The number of halogens is 1. The van der Waals surface area contributed by atoms with Crippen molar-refractivity contribution in [3.05, 3.63) is 187 Å². The molecule has 2 atom stereocenters. The van der Waals surface area contributed by atoms with Crippen LogP contribution in [0.3, 0.4) is 0 Å². The summed E-state index contributed by atoms with van der Waals surface area (Å²) in [7, 11) is 0. The van der Waals surface area contributed by atoms with E-state index in [1.54, 1.807) is 0 Å². The number of fused-ring (bicyclic) bond motifs is 11. The molecule has 3 aliphatic rings. The number of nitrogens with zero attached hydrogens (tertiary/aromatic N) is 6. The van der Waals surface area contributed by atoms with Crippen LogP contribution in [-0.4, -0.2) is 35.4 Å². The normalized spacial score (nSPS) is 18.0. The van der Waals surface area contributed by atoms with E-state index in [1.807, 2.05) is 30.7 Å². The second-order valence-electron chi connectivity index (χ2n) is 14.6. The zero-order chi connectivity index (χ0) is 38.0. The minimum Gasteiger partial charge on any atom is -0.332 e. The Morgan fingerprint density at radius 2 is 1.54 bits per heavy atom. The van der Waals surface area contributed by atoms with Gasteiger partial charge in [0.05, 0.1) is 48.4 Å². The summed E-state index contributed by atoms with van der Waals surface area (Å²) in [5.74, 6) is 0. The van der Waals surface area contributed by atoms with Gasteiger partial charge in [0.2, 0.25) is 0 Å². The lowest BCUT2D eigenvalue weighted by Crippen LogP contribution is -2.32. The average molecular weight is 849 g/mol. The third-order valence-corrected chi connectivity index (χ3v) is 13.6. The molecule has 7 heteroatoms. The molecule has 2 unspecified atom stereocenters. The Hall–Kier alpha value is -6.45. The van der Waals surface area contributed by atoms with Gasteiger partial charge in [0.25, 0.3) is 0 Å². The number of anilines is 1. The van der Waals surface area contributed by atoms with Crippen molar-refractivity contribution in [3.63, 3.8) is 0 Å². The molecule has 4 aromatic carbocycles. The lowest BCUT2D eigenvalue weighted by Gasteiger charge is -2.29. The SMILES string of the molecule is C/C=C(\C=C(/C)c1ccccn1)N1c2ccc3c4ccc5c(c6ncccc6n5C5=CC(c6ccccc6)=CC=I5)c4n(-c4ccccc4)c3c2C2N=CC=CC21.